The fourth-order valence-electron chi connectivity index (χ4n) is 2.04. The van der Waals surface area contributed by atoms with Crippen LogP contribution in [0.2, 0.25) is 0 Å². The van der Waals surface area contributed by atoms with E-state index in [4.69, 9.17) is 4.74 Å². The van der Waals surface area contributed by atoms with Crippen molar-refractivity contribution in [1.29, 1.82) is 0 Å². The van der Waals surface area contributed by atoms with E-state index in [1.807, 2.05) is 29.5 Å². The molecule has 20 heavy (non-hydrogen) atoms. The first-order chi connectivity index (χ1) is 9.72. The Morgan fingerprint density at radius 1 is 1.45 bits per heavy atom. The molecule has 1 aromatic heterocycles. The van der Waals surface area contributed by atoms with Gasteiger partial charge in [0.05, 0.1) is 18.6 Å². The topological polar surface area (TPSA) is 59.4 Å². The zero-order valence-electron chi connectivity index (χ0n) is 12.8. The third kappa shape index (κ3) is 5.30. The molecule has 6 nitrogen and oxygen atoms in total. The monoisotopic (exact) mass is 282 g/mol. The number of carbonyl (C=O) groups excluding carboxylic acids is 1. The highest BCUT2D eigenvalue weighted by Crippen LogP contribution is 2.03. The summed E-state index contributed by atoms with van der Waals surface area (Å²) in [7, 11) is 1.69. The Bertz CT molecular complexity index is 388. The minimum atomic E-state index is 0.196. The first-order valence-electron chi connectivity index (χ1n) is 7.19. The molecule has 1 amide bonds. The van der Waals surface area contributed by atoms with Crippen LogP contribution >= 0.6 is 0 Å². The number of nitrogens with zero attached hydrogens (tertiary/aromatic N) is 3. The number of carbonyl (C=O) groups is 1. The SMILES string of the molecule is CCN(CC)C(=O)CCn1cncc1CNCCOC. The van der Waals surface area contributed by atoms with E-state index in [1.165, 1.54) is 0 Å². The fraction of sp³-hybridized carbons (Fsp3) is 0.714. The molecule has 0 unspecified atom stereocenters. The number of amides is 1. The van der Waals surface area contributed by atoms with E-state index in [-0.39, 0.29) is 5.91 Å². The van der Waals surface area contributed by atoms with E-state index in [9.17, 15) is 4.79 Å². The van der Waals surface area contributed by atoms with Crippen molar-refractivity contribution < 1.29 is 9.53 Å². The number of nitrogens with one attached hydrogen (secondary N) is 1. The van der Waals surface area contributed by atoms with E-state index < -0.39 is 0 Å². The minimum Gasteiger partial charge on any atom is -0.383 e. The van der Waals surface area contributed by atoms with Gasteiger partial charge in [0.2, 0.25) is 5.91 Å². The second kappa shape index (κ2) is 9.50. The highest BCUT2D eigenvalue weighted by Gasteiger charge is 2.10. The van der Waals surface area contributed by atoms with Crippen molar-refractivity contribution in [3.63, 3.8) is 0 Å². The standard InChI is InChI=1S/C14H26N4O2/c1-4-17(5-2)14(19)6-8-18-12-16-11-13(18)10-15-7-9-20-3/h11-12,15H,4-10H2,1-3H3. The highest BCUT2D eigenvalue weighted by molar-refractivity contribution is 5.76. The van der Waals surface area contributed by atoms with Crippen LogP contribution in [0.4, 0.5) is 0 Å². The smallest absolute Gasteiger partial charge is 0.224 e. The van der Waals surface area contributed by atoms with Crippen LogP contribution in [0.3, 0.4) is 0 Å². The van der Waals surface area contributed by atoms with Gasteiger partial charge < -0.3 is 19.5 Å². The normalized spacial score (nSPS) is 10.8. The summed E-state index contributed by atoms with van der Waals surface area (Å²) in [5.41, 5.74) is 1.09. The molecule has 0 aliphatic rings. The van der Waals surface area contributed by atoms with Crippen molar-refractivity contribution in [2.24, 2.45) is 0 Å². The van der Waals surface area contributed by atoms with Gasteiger partial charge in [-0.3, -0.25) is 4.79 Å². The molecular weight excluding hydrogens is 256 g/mol. The lowest BCUT2D eigenvalue weighted by Crippen LogP contribution is -2.31. The van der Waals surface area contributed by atoms with E-state index >= 15 is 0 Å². The maximum atomic E-state index is 12.0. The molecule has 0 aliphatic carbocycles. The van der Waals surface area contributed by atoms with Crippen LogP contribution in [-0.4, -0.2) is 53.7 Å². The number of imidazole rings is 1. The summed E-state index contributed by atoms with van der Waals surface area (Å²) in [5.74, 6) is 0.196. The second-order valence-corrected chi connectivity index (χ2v) is 4.56. The van der Waals surface area contributed by atoms with Gasteiger partial charge >= 0.3 is 0 Å². The van der Waals surface area contributed by atoms with Gasteiger partial charge in [-0.05, 0) is 13.8 Å². The van der Waals surface area contributed by atoms with Gasteiger partial charge in [-0.2, -0.15) is 0 Å². The molecule has 0 fully saturated rings. The first-order valence-corrected chi connectivity index (χ1v) is 7.19. The Kier molecular flexibility index (Phi) is 7.91. The Morgan fingerprint density at radius 2 is 2.20 bits per heavy atom. The van der Waals surface area contributed by atoms with Crippen molar-refractivity contribution in [2.45, 2.75) is 33.4 Å². The van der Waals surface area contributed by atoms with Gasteiger partial charge in [0.1, 0.15) is 0 Å². The fourth-order valence-corrected chi connectivity index (χ4v) is 2.04. The van der Waals surface area contributed by atoms with E-state index in [0.29, 0.717) is 19.6 Å². The second-order valence-electron chi connectivity index (χ2n) is 4.56. The molecule has 0 saturated carbocycles. The van der Waals surface area contributed by atoms with E-state index in [2.05, 4.69) is 10.3 Å². The Labute approximate surface area is 121 Å². The van der Waals surface area contributed by atoms with Crippen LogP contribution in [0.5, 0.6) is 0 Å². The lowest BCUT2D eigenvalue weighted by molar-refractivity contribution is -0.131. The van der Waals surface area contributed by atoms with Gasteiger partial charge in [0.25, 0.3) is 0 Å². The number of rotatable bonds is 10. The molecule has 0 radical (unpaired) electrons. The molecule has 0 aromatic carbocycles. The van der Waals surface area contributed by atoms with Crippen molar-refractivity contribution in [3.8, 4) is 0 Å². The minimum absolute atomic E-state index is 0.196. The first kappa shape index (κ1) is 16.7. The Morgan fingerprint density at radius 3 is 2.85 bits per heavy atom. The maximum Gasteiger partial charge on any atom is 0.224 e. The van der Waals surface area contributed by atoms with Gasteiger partial charge in [0, 0.05) is 52.5 Å². The zero-order chi connectivity index (χ0) is 14.8. The molecular formula is C14H26N4O2. The van der Waals surface area contributed by atoms with Gasteiger partial charge in [0.15, 0.2) is 0 Å². The molecule has 1 N–H and O–H groups in total. The Balaban J connectivity index is 2.40. The molecule has 1 aromatic rings. The summed E-state index contributed by atoms with van der Waals surface area (Å²) >= 11 is 0. The number of aromatic nitrogens is 2. The molecule has 114 valence electrons. The van der Waals surface area contributed by atoms with Gasteiger partial charge in [-0.1, -0.05) is 0 Å². The molecule has 0 atom stereocenters. The largest absolute Gasteiger partial charge is 0.383 e. The molecule has 1 rings (SSSR count). The molecule has 0 spiro atoms. The summed E-state index contributed by atoms with van der Waals surface area (Å²) in [6, 6.07) is 0. The van der Waals surface area contributed by atoms with Crippen LogP contribution in [0, 0.1) is 0 Å². The average molecular weight is 282 g/mol. The van der Waals surface area contributed by atoms with E-state index in [1.54, 1.807) is 13.4 Å². The van der Waals surface area contributed by atoms with Crippen LogP contribution in [0.15, 0.2) is 12.5 Å². The highest BCUT2D eigenvalue weighted by atomic mass is 16.5. The maximum absolute atomic E-state index is 12.0. The number of methoxy groups -OCH3 is 1. The summed E-state index contributed by atoms with van der Waals surface area (Å²) in [4.78, 5) is 18.0. The Hall–Kier alpha value is -1.40. The molecule has 0 bridgehead atoms. The van der Waals surface area contributed by atoms with Crippen molar-refractivity contribution in [2.75, 3.05) is 33.4 Å². The lowest BCUT2D eigenvalue weighted by atomic mass is 10.3. The molecule has 0 saturated heterocycles. The predicted octanol–water partition coefficient (Wildman–Crippen LogP) is 0.878. The van der Waals surface area contributed by atoms with Crippen molar-refractivity contribution in [1.82, 2.24) is 19.8 Å². The molecule has 6 heteroatoms. The summed E-state index contributed by atoms with van der Waals surface area (Å²) < 4.78 is 7.02. The average Bonchev–Trinajstić information content (AvgIpc) is 2.90. The van der Waals surface area contributed by atoms with Gasteiger partial charge in [-0.25, -0.2) is 4.98 Å². The number of hydrogen-bond acceptors (Lipinski definition) is 4. The van der Waals surface area contributed by atoms with Crippen molar-refractivity contribution in [3.05, 3.63) is 18.2 Å². The van der Waals surface area contributed by atoms with Crippen LogP contribution in [-0.2, 0) is 22.6 Å². The quantitative estimate of drug-likeness (QED) is 0.647. The molecule has 0 aliphatic heterocycles. The van der Waals surface area contributed by atoms with Crippen LogP contribution < -0.4 is 5.32 Å². The lowest BCUT2D eigenvalue weighted by Gasteiger charge is -2.19. The summed E-state index contributed by atoms with van der Waals surface area (Å²) in [6.07, 6.45) is 4.13. The summed E-state index contributed by atoms with van der Waals surface area (Å²) in [6.45, 7) is 8.46. The number of ether oxygens (including phenoxy) is 1. The van der Waals surface area contributed by atoms with Crippen molar-refractivity contribution >= 4 is 5.91 Å². The van der Waals surface area contributed by atoms with Crippen LogP contribution in [0.25, 0.3) is 0 Å². The van der Waals surface area contributed by atoms with Gasteiger partial charge in [-0.15, -0.1) is 0 Å². The van der Waals surface area contributed by atoms with Crippen LogP contribution in [0.1, 0.15) is 26.0 Å². The third-order valence-corrected chi connectivity index (χ3v) is 3.27. The molecule has 1 heterocycles. The zero-order valence-corrected chi connectivity index (χ0v) is 12.8. The third-order valence-electron chi connectivity index (χ3n) is 3.27. The number of aryl methyl sites for hydroxylation is 1. The van der Waals surface area contributed by atoms with E-state index in [0.717, 1.165) is 31.9 Å². The summed E-state index contributed by atoms with van der Waals surface area (Å²) in [5, 5.41) is 3.28. The number of hydrogen-bond donors (Lipinski definition) is 1. The predicted molar refractivity (Wildman–Crippen MR) is 78.4 cm³/mol.